The van der Waals surface area contributed by atoms with E-state index in [0.29, 0.717) is 23.2 Å². The Morgan fingerprint density at radius 1 is 1.37 bits per heavy atom. The predicted octanol–water partition coefficient (Wildman–Crippen LogP) is 1.62. The van der Waals surface area contributed by atoms with E-state index in [1.807, 2.05) is 7.05 Å². The highest BCUT2D eigenvalue weighted by Crippen LogP contribution is 2.18. The van der Waals surface area contributed by atoms with Crippen molar-refractivity contribution in [1.29, 1.82) is 0 Å². The normalized spacial score (nSPS) is 16.6. The molecule has 1 aliphatic heterocycles. The minimum Gasteiger partial charge on any atom is -0.354 e. The first-order valence-corrected chi connectivity index (χ1v) is 8.73. The second-order valence-electron chi connectivity index (χ2n) is 6.66. The number of hydrogen-bond donors (Lipinski definition) is 2. The average Bonchev–Trinajstić information content (AvgIpc) is 3.30. The van der Waals surface area contributed by atoms with E-state index >= 15 is 0 Å². The van der Waals surface area contributed by atoms with Crippen molar-refractivity contribution in [3.05, 3.63) is 48.1 Å². The van der Waals surface area contributed by atoms with Crippen LogP contribution in [0.2, 0.25) is 0 Å². The second kappa shape index (κ2) is 6.92. The Balaban J connectivity index is 1.49. The van der Waals surface area contributed by atoms with Crippen molar-refractivity contribution in [1.82, 2.24) is 24.7 Å². The Morgan fingerprint density at radius 2 is 2.22 bits per heavy atom. The van der Waals surface area contributed by atoms with Gasteiger partial charge in [0, 0.05) is 38.1 Å². The van der Waals surface area contributed by atoms with Gasteiger partial charge in [0.05, 0.1) is 23.8 Å². The number of nitrogens with zero attached hydrogens (tertiary/aromatic N) is 5. The van der Waals surface area contributed by atoms with Crippen LogP contribution in [0.5, 0.6) is 0 Å². The molecule has 8 nitrogen and oxygen atoms in total. The second-order valence-corrected chi connectivity index (χ2v) is 6.66. The summed E-state index contributed by atoms with van der Waals surface area (Å²) >= 11 is 0. The highest BCUT2D eigenvalue weighted by atomic mass is 19.1. The first kappa shape index (κ1) is 17.3. The largest absolute Gasteiger partial charge is 0.354 e. The van der Waals surface area contributed by atoms with Crippen LogP contribution in [0.4, 0.5) is 15.9 Å². The zero-order valence-electron chi connectivity index (χ0n) is 15.1. The maximum atomic E-state index is 14.1. The number of carbonyl (C=O) groups is 1. The van der Waals surface area contributed by atoms with E-state index in [4.69, 9.17) is 0 Å². The molecular weight excluding hydrogens is 349 g/mol. The fourth-order valence-electron chi connectivity index (χ4n) is 3.22. The fourth-order valence-corrected chi connectivity index (χ4v) is 3.22. The third-order valence-corrected chi connectivity index (χ3v) is 4.70. The summed E-state index contributed by atoms with van der Waals surface area (Å²) in [7, 11) is 1.96. The predicted molar refractivity (Wildman–Crippen MR) is 99.5 cm³/mol. The summed E-state index contributed by atoms with van der Waals surface area (Å²) in [4.78, 5) is 27.1. The van der Waals surface area contributed by atoms with E-state index in [9.17, 15) is 9.18 Å². The molecule has 0 aliphatic carbocycles. The summed E-state index contributed by atoms with van der Waals surface area (Å²) in [5.74, 6) is -0.245. The van der Waals surface area contributed by atoms with E-state index in [1.165, 1.54) is 12.3 Å². The Hall–Kier alpha value is -3.07. The van der Waals surface area contributed by atoms with Crippen LogP contribution in [-0.2, 0) is 0 Å². The van der Waals surface area contributed by atoms with E-state index in [-0.39, 0.29) is 11.3 Å². The molecule has 2 N–H and O–H groups in total. The highest BCUT2D eigenvalue weighted by molar-refractivity contribution is 6.02. The maximum absolute atomic E-state index is 14.1. The van der Waals surface area contributed by atoms with Crippen LogP contribution in [-0.4, -0.2) is 51.4 Å². The first-order chi connectivity index (χ1) is 13.0. The average molecular weight is 369 g/mol. The first-order valence-electron chi connectivity index (χ1n) is 8.73. The van der Waals surface area contributed by atoms with Gasteiger partial charge in [-0.15, -0.1) is 0 Å². The monoisotopic (exact) mass is 369 g/mol. The molecule has 9 heteroatoms. The van der Waals surface area contributed by atoms with Crippen molar-refractivity contribution in [3.63, 3.8) is 0 Å². The van der Waals surface area contributed by atoms with Crippen LogP contribution < -0.4 is 15.5 Å². The number of hydrogen-bond acceptors (Lipinski definition) is 6. The molecule has 4 heterocycles. The molecule has 1 atom stereocenters. The van der Waals surface area contributed by atoms with Gasteiger partial charge in [-0.05, 0) is 19.9 Å². The van der Waals surface area contributed by atoms with Crippen LogP contribution in [0.1, 0.15) is 22.6 Å². The van der Waals surface area contributed by atoms with Crippen LogP contribution in [0.3, 0.4) is 0 Å². The molecule has 0 bridgehead atoms. The topological polar surface area (TPSA) is 87.5 Å². The molecule has 1 amide bonds. The molecule has 27 heavy (non-hydrogen) atoms. The number of fused-ring (bicyclic) bond motifs is 1. The van der Waals surface area contributed by atoms with Crippen LogP contribution in [0.15, 0.2) is 30.9 Å². The van der Waals surface area contributed by atoms with Gasteiger partial charge in [0.25, 0.3) is 5.91 Å². The van der Waals surface area contributed by atoms with Crippen LogP contribution in [0, 0.1) is 12.7 Å². The zero-order valence-corrected chi connectivity index (χ0v) is 15.1. The van der Waals surface area contributed by atoms with E-state index in [0.717, 1.165) is 19.5 Å². The molecule has 1 aliphatic rings. The van der Waals surface area contributed by atoms with Gasteiger partial charge in [-0.2, -0.15) is 0 Å². The third-order valence-electron chi connectivity index (χ3n) is 4.70. The quantitative estimate of drug-likeness (QED) is 0.727. The molecule has 140 valence electrons. The summed E-state index contributed by atoms with van der Waals surface area (Å²) in [5, 5.41) is 5.96. The molecule has 1 fully saturated rings. The van der Waals surface area contributed by atoms with Crippen molar-refractivity contribution in [2.24, 2.45) is 0 Å². The molecule has 0 saturated carbocycles. The Kier molecular flexibility index (Phi) is 4.44. The Bertz CT molecular complexity index is 979. The van der Waals surface area contributed by atoms with E-state index in [2.05, 4.69) is 30.5 Å². The van der Waals surface area contributed by atoms with Gasteiger partial charge in [-0.3, -0.25) is 4.79 Å². The van der Waals surface area contributed by atoms with E-state index in [1.54, 1.807) is 29.9 Å². The summed E-state index contributed by atoms with van der Waals surface area (Å²) in [5.41, 5.74) is 1.40. The molecule has 0 radical (unpaired) electrons. The van der Waals surface area contributed by atoms with Gasteiger partial charge < -0.3 is 19.9 Å². The van der Waals surface area contributed by atoms with Gasteiger partial charge in [-0.25, -0.2) is 19.3 Å². The Morgan fingerprint density at radius 3 is 2.93 bits per heavy atom. The van der Waals surface area contributed by atoms with Gasteiger partial charge in [-0.1, -0.05) is 0 Å². The summed E-state index contributed by atoms with van der Waals surface area (Å²) in [6.07, 6.45) is 7.35. The van der Waals surface area contributed by atoms with Crippen molar-refractivity contribution >= 4 is 23.1 Å². The number of nitrogens with one attached hydrogen (secondary N) is 2. The number of likely N-dealkylation sites (N-methyl/N-ethyl adjacent to an activating group) is 1. The number of anilines is 2. The molecule has 1 saturated heterocycles. The number of rotatable bonds is 4. The fraction of sp³-hybridized carbons (Fsp3) is 0.333. The number of aryl methyl sites for hydroxylation is 1. The molecule has 0 spiro atoms. The van der Waals surface area contributed by atoms with Gasteiger partial charge in [0.15, 0.2) is 11.5 Å². The van der Waals surface area contributed by atoms with Gasteiger partial charge >= 0.3 is 0 Å². The summed E-state index contributed by atoms with van der Waals surface area (Å²) < 4.78 is 15.7. The number of aromatic nitrogens is 4. The molecule has 3 aromatic heterocycles. The molecule has 0 aromatic carbocycles. The van der Waals surface area contributed by atoms with Crippen molar-refractivity contribution < 1.29 is 9.18 Å². The van der Waals surface area contributed by atoms with Gasteiger partial charge in [0.1, 0.15) is 11.5 Å². The van der Waals surface area contributed by atoms with Crippen molar-refractivity contribution in [2.75, 3.05) is 30.4 Å². The maximum Gasteiger partial charge on any atom is 0.275 e. The standard InChI is InChI=1S/C18H20FN7O/c1-11-9-26-10-12(5-14(19)17(26)23-11)24-18(27)15-7-22-16(8-21-15)25(2)13-3-4-20-6-13/h5,7-10,13,20H,3-4,6H2,1-2H3,(H,24,27)/t13-/m1/s1. The lowest BCUT2D eigenvalue weighted by molar-refractivity contribution is 0.102. The van der Waals surface area contributed by atoms with E-state index < -0.39 is 11.7 Å². The number of carbonyl (C=O) groups excluding carboxylic acids is 1. The smallest absolute Gasteiger partial charge is 0.275 e. The molecule has 3 aromatic rings. The van der Waals surface area contributed by atoms with Gasteiger partial charge in [0.2, 0.25) is 0 Å². The lowest BCUT2D eigenvalue weighted by Gasteiger charge is -2.24. The number of imidazole rings is 1. The minimum absolute atomic E-state index is 0.166. The lowest BCUT2D eigenvalue weighted by Crippen LogP contribution is -2.34. The van der Waals surface area contributed by atoms with Crippen LogP contribution >= 0.6 is 0 Å². The minimum atomic E-state index is -0.505. The molecular formula is C18H20FN7O. The van der Waals surface area contributed by atoms with Crippen molar-refractivity contribution in [2.45, 2.75) is 19.4 Å². The van der Waals surface area contributed by atoms with Crippen LogP contribution in [0.25, 0.3) is 5.65 Å². The zero-order chi connectivity index (χ0) is 19.0. The third kappa shape index (κ3) is 3.45. The number of pyridine rings is 1. The Labute approximate surface area is 155 Å². The summed E-state index contributed by atoms with van der Waals surface area (Å²) in [6, 6.07) is 1.61. The highest BCUT2D eigenvalue weighted by Gasteiger charge is 2.21. The summed E-state index contributed by atoms with van der Waals surface area (Å²) in [6.45, 7) is 3.67. The SMILES string of the molecule is Cc1cn2cc(NC(=O)c3cnc(N(C)[C@@H]4CCNC4)cn3)cc(F)c2n1. The van der Waals surface area contributed by atoms with Crippen molar-refractivity contribution in [3.8, 4) is 0 Å². The number of amides is 1. The molecule has 0 unspecified atom stereocenters. The lowest BCUT2D eigenvalue weighted by atomic mass is 10.2. The number of halogens is 1. The molecule has 4 rings (SSSR count).